The summed E-state index contributed by atoms with van der Waals surface area (Å²) in [6.07, 6.45) is 0. The Hall–Kier alpha value is -3.11. The third kappa shape index (κ3) is 2.95. The van der Waals surface area contributed by atoms with Crippen LogP contribution < -0.4 is 10.4 Å². The lowest BCUT2D eigenvalue weighted by Crippen LogP contribution is -2.11. The lowest BCUT2D eigenvalue weighted by Gasteiger charge is -2.13. The number of aromatic nitrogens is 2. The summed E-state index contributed by atoms with van der Waals surface area (Å²) in [5.41, 5.74) is 3.61. The molecule has 4 aromatic rings. The first kappa shape index (κ1) is 16.4. The number of aromatic amines is 1. The summed E-state index contributed by atoms with van der Waals surface area (Å²) < 4.78 is 5.55. The van der Waals surface area contributed by atoms with Gasteiger partial charge in [0.1, 0.15) is 5.75 Å². The molecule has 128 valence electrons. The van der Waals surface area contributed by atoms with E-state index >= 15 is 0 Å². The Morgan fingerprint density at radius 3 is 2.46 bits per heavy atom. The van der Waals surface area contributed by atoms with E-state index in [0.29, 0.717) is 22.0 Å². The minimum Gasteiger partial charge on any atom is -0.496 e. The Balaban J connectivity index is 2.05. The maximum Gasteiger partial charge on any atom is 0.345 e. The molecule has 0 amide bonds. The van der Waals surface area contributed by atoms with Gasteiger partial charge in [-0.05, 0) is 23.8 Å². The van der Waals surface area contributed by atoms with Crippen LogP contribution in [0.2, 0.25) is 5.02 Å². The molecule has 0 fully saturated rings. The number of fused-ring (bicyclic) bond motifs is 1. The molecule has 0 saturated heterocycles. The molecule has 0 unspecified atom stereocenters. The second kappa shape index (κ2) is 6.65. The van der Waals surface area contributed by atoms with Crippen molar-refractivity contribution in [3.05, 3.63) is 82.2 Å². The smallest absolute Gasteiger partial charge is 0.345 e. The van der Waals surface area contributed by atoms with Crippen LogP contribution in [0.15, 0.2) is 71.5 Å². The molecule has 4 nitrogen and oxygen atoms in total. The topological polar surface area (TPSA) is 55.0 Å². The van der Waals surface area contributed by atoms with Crippen LogP contribution in [0.3, 0.4) is 0 Å². The van der Waals surface area contributed by atoms with Gasteiger partial charge in [0.05, 0.1) is 18.3 Å². The second-order valence-electron chi connectivity index (χ2n) is 5.87. The van der Waals surface area contributed by atoms with Gasteiger partial charge in [0.2, 0.25) is 0 Å². The first-order valence-corrected chi connectivity index (χ1v) is 8.47. The van der Waals surface area contributed by atoms with Crippen LogP contribution in [0.1, 0.15) is 0 Å². The zero-order chi connectivity index (χ0) is 18.1. The molecule has 4 rings (SSSR count). The van der Waals surface area contributed by atoms with E-state index in [1.165, 1.54) is 0 Å². The quantitative estimate of drug-likeness (QED) is 0.562. The van der Waals surface area contributed by atoms with E-state index in [2.05, 4.69) is 9.97 Å². The van der Waals surface area contributed by atoms with E-state index in [9.17, 15) is 4.79 Å². The SMILES string of the molecule is COc1cc2[nH]c(=O)nc(-c3ccccc3)c2cc1-c1cccc(Cl)c1. The van der Waals surface area contributed by atoms with E-state index in [0.717, 1.165) is 22.1 Å². The fraction of sp³-hybridized carbons (Fsp3) is 0.0476. The number of ether oxygens (including phenoxy) is 1. The predicted octanol–water partition coefficient (Wildman–Crippen LogP) is 4.92. The number of hydrogen-bond acceptors (Lipinski definition) is 3. The van der Waals surface area contributed by atoms with Crippen molar-refractivity contribution in [3.63, 3.8) is 0 Å². The van der Waals surface area contributed by atoms with Gasteiger partial charge in [-0.3, -0.25) is 0 Å². The summed E-state index contributed by atoms with van der Waals surface area (Å²) >= 11 is 6.16. The minimum atomic E-state index is -0.395. The van der Waals surface area contributed by atoms with Crippen LogP contribution >= 0.6 is 11.6 Å². The molecule has 0 spiro atoms. The molecule has 0 bridgehead atoms. The second-order valence-corrected chi connectivity index (χ2v) is 6.30. The summed E-state index contributed by atoms with van der Waals surface area (Å²) in [7, 11) is 1.60. The highest BCUT2D eigenvalue weighted by molar-refractivity contribution is 6.30. The Labute approximate surface area is 155 Å². The lowest BCUT2D eigenvalue weighted by molar-refractivity contribution is 0.417. The number of hydrogen-bond donors (Lipinski definition) is 1. The van der Waals surface area contributed by atoms with Crippen LogP contribution in [0.25, 0.3) is 33.3 Å². The van der Waals surface area contributed by atoms with E-state index in [-0.39, 0.29) is 0 Å². The molecule has 3 aromatic carbocycles. The highest BCUT2D eigenvalue weighted by Gasteiger charge is 2.14. The summed E-state index contributed by atoms with van der Waals surface area (Å²) in [6.45, 7) is 0. The number of nitrogens with one attached hydrogen (secondary N) is 1. The minimum absolute atomic E-state index is 0.395. The van der Waals surface area contributed by atoms with E-state index < -0.39 is 5.69 Å². The number of benzene rings is 3. The average Bonchev–Trinajstić information content (AvgIpc) is 2.67. The van der Waals surface area contributed by atoms with Gasteiger partial charge in [-0.25, -0.2) is 4.79 Å². The monoisotopic (exact) mass is 362 g/mol. The van der Waals surface area contributed by atoms with Crippen LogP contribution in [-0.2, 0) is 0 Å². The van der Waals surface area contributed by atoms with Gasteiger partial charge in [-0.1, -0.05) is 54.1 Å². The van der Waals surface area contributed by atoms with Crippen LogP contribution in [0.4, 0.5) is 0 Å². The fourth-order valence-corrected chi connectivity index (χ4v) is 3.24. The summed E-state index contributed by atoms with van der Waals surface area (Å²) in [5.74, 6) is 0.653. The van der Waals surface area contributed by atoms with Crippen molar-refractivity contribution in [2.45, 2.75) is 0 Å². The first-order valence-electron chi connectivity index (χ1n) is 8.09. The van der Waals surface area contributed by atoms with Gasteiger partial charge in [-0.15, -0.1) is 0 Å². The van der Waals surface area contributed by atoms with Crippen LogP contribution in [-0.4, -0.2) is 17.1 Å². The lowest BCUT2D eigenvalue weighted by atomic mass is 9.99. The molecule has 1 heterocycles. The van der Waals surface area contributed by atoms with Gasteiger partial charge in [-0.2, -0.15) is 4.98 Å². The molecule has 0 aliphatic rings. The zero-order valence-corrected chi connectivity index (χ0v) is 14.7. The van der Waals surface area contributed by atoms with Crippen molar-refractivity contribution in [2.75, 3.05) is 7.11 Å². The highest BCUT2D eigenvalue weighted by Crippen LogP contribution is 2.36. The maximum atomic E-state index is 12.1. The molecule has 0 radical (unpaired) electrons. The van der Waals surface area contributed by atoms with Crippen molar-refractivity contribution in [1.29, 1.82) is 0 Å². The van der Waals surface area contributed by atoms with Crippen molar-refractivity contribution in [1.82, 2.24) is 9.97 Å². The molecule has 0 atom stereocenters. The molecule has 0 aliphatic carbocycles. The van der Waals surface area contributed by atoms with Gasteiger partial charge in [0.15, 0.2) is 0 Å². The van der Waals surface area contributed by atoms with Gasteiger partial charge >= 0.3 is 5.69 Å². The number of methoxy groups -OCH3 is 1. The number of halogens is 1. The van der Waals surface area contributed by atoms with Gasteiger partial charge in [0.25, 0.3) is 0 Å². The fourth-order valence-electron chi connectivity index (χ4n) is 3.05. The normalized spacial score (nSPS) is 10.8. The number of H-pyrrole nitrogens is 1. The van der Waals surface area contributed by atoms with Crippen molar-refractivity contribution < 1.29 is 4.74 Å². The van der Waals surface area contributed by atoms with Gasteiger partial charge in [0, 0.05) is 27.6 Å². The first-order chi connectivity index (χ1) is 12.7. The van der Waals surface area contributed by atoms with E-state index in [4.69, 9.17) is 16.3 Å². The maximum absolute atomic E-state index is 12.1. The van der Waals surface area contributed by atoms with Crippen molar-refractivity contribution in [2.24, 2.45) is 0 Å². The molecule has 1 N–H and O–H groups in total. The Morgan fingerprint density at radius 2 is 1.73 bits per heavy atom. The van der Waals surface area contributed by atoms with Crippen molar-refractivity contribution in [3.8, 4) is 28.1 Å². The summed E-state index contributed by atoms with van der Waals surface area (Å²) in [5, 5.41) is 1.49. The Morgan fingerprint density at radius 1 is 0.962 bits per heavy atom. The molecule has 26 heavy (non-hydrogen) atoms. The van der Waals surface area contributed by atoms with E-state index in [1.54, 1.807) is 7.11 Å². The third-order valence-corrected chi connectivity index (χ3v) is 4.47. The van der Waals surface area contributed by atoms with Crippen molar-refractivity contribution >= 4 is 22.5 Å². The molecule has 0 aliphatic heterocycles. The summed E-state index contributed by atoms with van der Waals surface area (Å²) in [6, 6.07) is 21.0. The molecular weight excluding hydrogens is 348 g/mol. The third-order valence-electron chi connectivity index (χ3n) is 4.23. The van der Waals surface area contributed by atoms with E-state index in [1.807, 2.05) is 66.7 Å². The standard InChI is InChI=1S/C21H15ClN2O2/c1-26-19-12-18-17(11-16(19)14-8-5-9-15(22)10-14)20(24-21(25)23-18)13-6-3-2-4-7-13/h2-12H,1H3,(H,23,24,25). The van der Waals surface area contributed by atoms with Crippen LogP contribution in [0, 0.1) is 0 Å². The number of rotatable bonds is 3. The molecular formula is C21H15ClN2O2. The Kier molecular flexibility index (Phi) is 4.19. The zero-order valence-electron chi connectivity index (χ0n) is 14.0. The van der Waals surface area contributed by atoms with Crippen LogP contribution in [0.5, 0.6) is 5.75 Å². The summed E-state index contributed by atoms with van der Waals surface area (Å²) in [4.78, 5) is 19.0. The molecule has 1 aromatic heterocycles. The average molecular weight is 363 g/mol. The largest absolute Gasteiger partial charge is 0.496 e. The predicted molar refractivity (Wildman–Crippen MR) is 105 cm³/mol. The Bertz CT molecular complexity index is 1150. The molecule has 5 heteroatoms. The number of nitrogens with zero attached hydrogens (tertiary/aromatic N) is 1. The molecule has 0 saturated carbocycles. The van der Waals surface area contributed by atoms with Gasteiger partial charge < -0.3 is 9.72 Å². The highest BCUT2D eigenvalue weighted by atomic mass is 35.5.